The van der Waals surface area contributed by atoms with E-state index in [1.807, 2.05) is 30.3 Å². The number of fused-ring (bicyclic) bond motifs is 2. The molecule has 0 saturated heterocycles. The summed E-state index contributed by atoms with van der Waals surface area (Å²) in [5.74, 6) is -0.970. The zero-order chi connectivity index (χ0) is 19.0. The number of ether oxygens (including phenoxy) is 1. The molecule has 27 heavy (non-hydrogen) atoms. The Balaban J connectivity index is 1.78. The van der Waals surface area contributed by atoms with Crippen LogP contribution in [0, 0.1) is 0 Å². The van der Waals surface area contributed by atoms with Crippen molar-refractivity contribution in [2.45, 2.75) is 19.0 Å². The Morgan fingerprint density at radius 2 is 1.78 bits per heavy atom. The van der Waals surface area contributed by atoms with Crippen LogP contribution in [0.3, 0.4) is 0 Å². The van der Waals surface area contributed by atoms with Gasteiger partial charge >= 0.3 is 5.97 Å². The molecule has 0 fully saturated rings. The molecule has 1 aliphatic rings. The summed E-state index contributed by atoms with van der Waals surface area (Å²) >= 11 is 0. The minimum Gasteiger partial charge on any atom is -0.467 e. The molecule has 2 heterocycles. The van der Waals surface area contributed by atoms with E-state index in [-0.39, 0.29) is 17.5 Å². The molecular formula is C21H18N2O4. The number of esters is 1. The third kappa shape index (κ3) is 2.89. The number of nitrogens with one attached hydrogen (secondary N) is 1. The van der Waals surface area contributed by atoms with Gasteiger partial charge in [-0.25, -0.2) is 4.79 Å². The normalized spacial score (nSPS) is 16.0. The number of hydrogen-bond donors (Lipinski definition) is 1. The van der Waals surface area contributed by atoms with Crippen LogP contribution in [-0.4, -0.2) is 34.9 Å². The molecule has 1 atom stereocenters. The van der Waals surface area contributed by atoms with Crippen molar-refractivity contribution in [2.75, 3.05) is 7.11 Å². The quantitative estimate of drug-likeness (QED) is 0.709. The summed E-state index contributed by atoms with van der Waals surface area (Å²) in [6.07, 6.45) is 1.78. The monoisotopic (exact) mass is 362 g/mol. The summed E-state index contributed by atoms with van der Waals surface area (Å²) in [5.41, 5.74) is 2.29. The molecular weight excluding hydrogens is 344 g/mol. The van der Waals surface area contributed by atoms with E-state index in [1.54, 1.807) is 18.2 Å². The summed E-state index contributed by atoms with van der Waals surface area (Å²) in [7, 11) is 1.30. The Labute approximate surface area is 155 Å². The van der Waals surface area contributed by atoms with Gasteiger partial charge in [0.1, 0.15) is 11.6 Å². The molecule has 0 aliphatic carbocycles. The molecule has 6 nitrogen and oxygen atoms in total. The van der Waals surface area contributed by atoms with Crippen molar-refractivity contribution in [3.63, 3.8) is 0 Å². The zero-order valence-electron chi connectivity index (χ0n) is 14.8. The number of benzene rings is 2. The summed E-state index contributed by atoms with van der Waals surface area (Å²) < 4.78 is 4.90. The predicted molar refractivity (Wildman–Crippen MR) is 100 cm³/mol. The number of carbonyl (C=O) groups is 2. The number of H-pyrrole nitrogens is 1. The maximum absolute atomic E-state index is 13.2. The number of rotatable bonds is 2. The fourth-order valence-corrected chi connectivity index (χ4v) is 3.56. The Morgan fingerprint density at radius 1 is 1.07 bits per heavy atom. The lowest BCUT2D eigenvalue weighted by molar-refractivity contribution is -0.146. The Kier molecular flexibility index (Phi) is 4.24. The molecule has 0 saturated carbocycles. The van der Waals surface area contributed by atoms with Crippen LogP contribution in [0.25, 0.3) is 10.9 Å². The maximum atomic E-state index is 13.2. The van der Waals surface area contributed by atoms with Crippen LogP contribution >= 0.6 is 0 Å². The summed E-state index contributed by atoms with van der Waals surface area (Å²) in [5, 5.41) is 0.440. The van der Waals surface area contributed by atoms with Gasteiger partial charge < -0.3 is 14.6 Å². The third-order valence-electron chi connectivity index (χ3n) is 5.00. The number of pyridine rings is 1. The van der Waals surface area contributed by atoms with Crippen molar-refractivity contribution in [1.82, 2.24) is 9.88 Å². The van der Waals surface area contributed by atoms with Crippen LogP contribution in [0.1, 0.15) is 21.5 Å². The van der Waals surface area contributed by atoms with Crippen molar-refractivity contribution in [3.05, 3.63) is 81.6 Å². The molecule has 0 radical (unpaired) electrons. The second-order valence-corrected chi connectivity index (χ2v) is 6.52. The van der Waals surface area contributed by atoms with Gasteiger partial charge in [-0.3, -0.25) is 9.59 Å². The molecule has 1 amide bonds. The van der Waals surface area contributed by atoms with Gasteiger partial charge in [0, 0.05) is 30.1 Å². The molecule has 1 unspecified atom stereocenters. The lowest BCUT2D eigenvalue weighted by atomic mass is 9.93. The molecule has 136 valence electrons. The minimum atomic E-state index is -0.761. The number of hydrogen-bond acceptors (Lipinski definition) is 4. The van der Waals surface area contributed by atoms with Crippen LogP contribution in [0.2, 0.25) is 0 Å². The second-order valence-electron chi connectivity index (χ2n) is 6.52. The highest BCUT2D eigenvalue weighted by Crippen LogP contribution is 2.25. The first-order chi connectivity index (χ1) is 13.1. The topological polar surface area (TPSA) is 79.5 Å². The first-order valence-corrected chi connectivity index (χ1v) is 8.66. The highest BCUT2D eigenvalue weighted by molar-refractivity contribution is 5.99. The van der Waals surface area contributed by atoms with E-state index in [0.29, 0.717) is 17.3 Å². The number of nitrogens with zero attached hydrogens (tertiary/aromatic N) is 1. The first kappa shape index (κ1) is 17.0. The van der Waals surface area contributed by atoms with Gasteiger partial charge in [0.2, 0.25) is 5.43 Å². The van der Waals surface area contributed by atoms with Gasteiger partial charge in [0.05, 0.1) is 7.11 Å². The number of methoxy groups -OCH3 is 1. The molecule has 1 N–H and O–H groups in total. The Bertz CT molecular complexity index is 1100. The second kappa shape index (κ2) is 6.72. The standard InChI is InChI=1S/C21H18N2O4/c1-27-21(26)18-10-13-6-2-3-7-14(13)12-23(18)20(25)16-11-22-17-9-5-4-8-15(17)19(16)24/h2-9,11,18H,10,12H2,1H3,(H,22,24). The zero-order valence-corrected chi connectivity index (χ0v) is 14.8. The molecule has 0 bridgehead atoms. The van der Waals surface area contributed by atoms with Crippen LogP contribution in [0.15, 0.2) is 59.5 Å². The van der Waals surface area contributed by atoms with Crippen LogP contribution in [-0.2, 0) is 22.5 Å². The van der Waals surface area contributed by atoms with Crippen LogP contribution in [0.4, 0.5) is 0 Å². The minimum absolute atomic E-state index is 0.0157. The van der Waals surface area contributed by atoms with E-state index < -0.39 is 17.9 Å². The van der Waals surface area contributed by atoms with Crippen LogP contribution in [0.5, 0.6) is 0 Å². The van der Waals surface area contributed by atoms with Gasteiger partial charge in [-0.05, 0) is 23.3 Å². The number of aromatic nitrogens is 1. The number of amides is 1. The van der Waals surface area contributed by atoms with E-state index >= 15 is 0 Å². The van der Waals surface area contributed by atoms with Crippen molar-refractivity contribution in [1.29, 1.82) is 0 Å². The van der Waals surface area contributed by atoms with E-state index in [2.05, 4.69) is 4.98 Å². The van der Waals surface area contributed by atoms with Crippen molar-refractivity contribution in [2.24, 2.45) is 0 Å². The molecule has 4 rings (SSSR count). The van der Waals surface area contributed by atoms with Crippen molar-refractivity contribution in [3.8, 4) is 0 Å². The number of para-hydroxylation sites is 1. The van der Waals surface area contributed by atoms with E-state index in [0.717, 1.165) is 11.1 Å². The van der Waals surface area contributed by atoms with E-state index in [1.165, 1.54) is 18.2 Å². The highest BCUT2D eigenvalue weighted by atomic mass is 16.5. The van der Waals surface area contributed by atoms with Gasteiger partial charge in [0.25, 0.3) is 5.91 Å². The van der Waals surface area contributed by atoms with Crippen LogP contribution < -0.4 is 5.43 Å². The van der Waals surface area contributed by atoms with Crippen molar-refractivity contribution >= 4 is 22.8 Å². The summed E-state index contributed by atoms with van der Waals surface area (Å²) in [6.45, 7) is 0.251. The molecule has 0 spiro atoms. The fraction of sp³-hybridized carbons (Fsp3) is 0.190. The van der Waals surface area contributed by atoms with Gasteiger partial charge in [-0.1, -0.05) is 36.4 Å². The maximum Gasteiger partial charge on any atom is 0.328 e. The number of carbonyl (C=O) groups excluding carboxylic acids is 2. The fourth-order valence-electron chi connectivity index (χ4n) is 3.56. The van der Waals surface area contributed by atoms with Gasteiger partial charge in [-0.2, -0.15) is 0 Å². The van der Waals surface area contributed by atoms with Crippen molar-refractivity contribution < 1.29 is 14.3 Å². The smallest absolute Gasteiger partial charge is 0.328 e. The lowest BCUT2D eigenvalue weighted by Crippen LogP contribution is -2.50. The van der Waals surface area contributed by atoms with E-state index in [9.17, 15) is 14.4 Å². The SMILES string of the molecule is COC(=O)C1Cc2ccccc2CN1C(=O)c1c[nH]c2ccccc2c1=O. The summed E-state index contributed by atoms with van der Waals surface area (Å²) in [4.78, 5) is 42.8. The molecule has 3 aromatic rings. The lowest BCUT2D eigenvalue weighted by Gasteiger charge is -2.35. The molecule has 6 heteroatoms. The summed E-state index contributed by atoms with van der Waals surface area (Å²) in [6, 6.07) is 13.9. The third-order valence-corrected chi connectivity index (χ3v) is 5.00. The van der Waals surface area contributed by atoms with Gasteiger partial charge in [0.15, 0.2) is 0 Å². The Morgan fingerprint density at radius 3 is 2.56 bits per heavy atom. The molecule has 1 aliphatic heterocycles. The Hall–Kier alpha value is -3.41. The molecule has 2 aromatic carbocycles. The largest absolute Gasteiger partial charge is 0.467 e. The average molecular weight is 362 g/mol. The molecule has 1 aromatic heterocycles. The first-order valence-electron chi connectivity index (χ1n) is 8.66. The number of aromatic amines is 1. The predicted octanol–water partition coefficient (Wildman–Crippen LogP) is 2.27. The van der Waals surface area contributed by atoms with E-state index in [4.69, 9.17) is 4.74 Å². The average Bonchev–Trinajstić information content (AvgIpc) is 2.72. The van der Waals surface area contributed by atoms with Gasteiger partial charge in [-0.15, -0.1) is 0 Å². The highest BCUT2D eigenvalue weighted by Gasteiger charge is 2.36.